The average molecular weight is 426 g/mol. The van der Waals surface area contributed by atoms with Gasteiger partial charge in [0, 0.05) is 34.7 Å². The number of rotatable bonds is 10. The number of hydrogen-bond donors (Lipinski definition) is 4. The summed E-state index contributed by atoms with van der Waals surface area (Å²) >= 11 is 0. The molecule has 31 heavy (non-hydrogen) atoms. The van der Waals surface area contributed by atoms with Gasteiger partial charge in [-0.15, -0.1) is 0 Å². The highest BCUT2D eigenvalue weighted by Crippen LogP contribution is 2.34. The first-order valence-electron chi connectivity index (χ1n) is 10.1. The third-order valence-electron chi connectivity index (χ3n) is 5.28. The summed E-state index contributed by atoms with van der Waals surface area (Å²) in [6, 6.07) is 8.70. The van der Waals surface area contributed by atoms with Crippen LogP contribution in [0.5, 0.6) is 0 Å². The summed E-state index contributed by atoms with van der Waals surface area (Å²) in [5.41, 5.74) is 3.06. The van der Waals surface area contributed by atoms with Crippen LogP contribution in [0.3, 0.4) is 0 Å². The van der Waals surface area contributed by atoms with E-state index in [0.717, 1.165) is 12.8 Å². The SMILES string of the molecule is CCCCN1C(=O)c2cccc3c(NN=CC=NC(CO)(CO)CO)ccc(c23)C1=O. The number of amides is 2. The number of hydrogen-bond acceptors (Lipinski definition) is 8. The number of imide groups is 1. The molecule has 164 valence electrons. The second-order valence-electron chi connectivity index (χ2n) is 7.37. The molecule has 0 unspecified atom stereocenters. The lowest BCUT2D eigenvalue weighted by Gasteiger charge is -2.27. The summed E-state index contributed by atoms with van der Waals surface area (Å²) in [5, 5.41) is 33.1. The van der Waals surface area contributed by atoms with Gasteiger partial charge in [-0.3, -0.25) is 24.9 Å². The zero-order valence-corrected chi connectivity index (χ0v) is 17.3. The molecule has 3 rings (SSSR count). The number of unbranched alkanes of at least 4 members (excludes halogenated alkanes) is 1. The minimum Gasteiger partial charge on any atom is -0.394 e. The van der Waals surface area contributed by atoms with E-state index in [1.165, 1.54) is 17.3 Å². The molecule has 2 aromatic rings. The standard InChI is InChI=1S/C22H26N4O5/c1-2-3-11-26-20(30)16-6-4-5-15-18(8-7-17(19(15)16)21(26)31)25-24-10-9-23-22(12-27,13-28)14-29/h4-10,25,27-29H,2-3,11-14H2,1H3. The lowest BCUT2D eigenvalue weighted by molar-refractivity contribution is 0.0608. The molecule has 0 aliphatic carbocycles. The normalized spacial score (nSPS) is 14.4. The van der Waals surface area contributed by atoms with E-state index < -0.39 is 25.4 Å². The summed E-state index contributed by atoms with van der Waals surface area (Å²) in [4.78, 5) is 31.0. The van der Waals surface area contributed by atoms with Crippen molar-refractivity contribution in [2.24, 2.45) is 10.1 Å². The summed E-state index contributed by atoms with van der Waals surface area (Å²) in [6.07, 6.45) is 4.21. The van der Waals surface area contributed by atoms with Gasteiger partial charge in [0.1, 0.15) is 5.54 Å². The second kappa shape index (κ2) is 9.78. The number of nitrogens with zero attached hydrogens (tertiary/aromatic N) is 3. The van der Waals surface area contributed by atoms with Crippen LogP contribution in [0.2, 0.25) is 0 Å². The molecule has 1 aliphatic heterocycles. The fourth-order valence-corrected chi connectivity index (χ4v) is 3.37. The van der Waals surface area contributed by atoms with E-state index in [9.17, 15) is 24.9 Å². The number of nitrogens with one attached hydrogen (secondary N) is 1. The minimum absolute atomic E-state index is 0.294. The summed E-state index contributed by atoms with van der Waals surface area (Å²) in [7, 11) is 0. The zero-order chi connectivity index (χ0) is 22.4. The summed E-state index contributed by atoms with van der Waals surface area (Å²) in [5.74, 6) is -0.588. The fraction of sp³-hybridized carbons (Fsp3) is 0.364. The maximum absolute atomic E-state index is 12.9. The summed E-state index contributed by atoms with van der Waals surface area (Å²) < 4.78 is 0. The molecule has 4 N–H and O–H groups in total. The van der Waals surface area contributed by atoms with Crippen LogP contribution in [-0.4, -0.2) is 76.4 Å². The molecule has 2 aromatic carbocycles. The van der Waals surface area contributed by atoms with Crippen LogP contribution in [-0.2, 0) is 0 Å². The van der Waals surface area contributed by atoms with Crippen LogP contribution in [0.25, 0.3) is 10.8 Å². The summed E-state index contributed by atoms with van der Waals surface area (Å²) in [6.45, 7) is 0.872. The molecule has 9 nitrogen and oxygen atoms in total. The monoisotopic (exact) mass is 426 g/mol. The molecule has 0 aromatic heterocycles. The number of benzene rings is 2. The maximum Gasteiger partial charge on any atom is 0.261 e. The van der Waals surface area contributed by atoms with E-state index in [-0.39, 0.29) is 11.8 Å². The van der Waals surface area contributed by atoms with Crippen molar-refractivity contribution in [1.82, 2.24) is 4.90 Å². The predicted molar refractivity (Wildman–Crippen MR) is 119 cm³/mol. The third kappa shape index (κ3) is 4.34. The molecular formula is C22H26N4O5. The first kappa shape index (κ1) is 22.5. The Labute approximate surface area is 179 Å². The molecular weight excluding hydrogens is 400 g/mol. The van der Waals surface area contributed by atoms with E-state index in [2.05, 4.69) is 15.5 Å². The first-order valence-corrected chi connectivity index (χ1v) is 10.1. The van der Waals surface area contributed by atoms with Gasteiger partial charge in [-0.2, -0.15) is 5.10 Å². The largest absolute Gasteiger partial charge is 0.394 e. The number of carbonyl (C=O) groups is 2. The molecule has 1 heterocycles. The quantitative estimate of drug-likeness (QED) is 0.258. The number of hydrazone groups is 1. The number of aliphatic hydroxyl groups is 3. The molecule has 2 amide bonds. The van der Waals surface area contributed by atoms with Gasteiger partial charge in [-0.1, -0.05) is 25.5 Å². The molecule has 1 aliphatic rings. The van der Waals surface area contributed by atoms with Crippen LogP contribution in [0, 0.1) is 0 Å². The van der Waals surface area contributed by atoms with E-state index in [1.807, 2.05) is 13.0 Å². The van der Waals surface area contributed by atoms with Crippen molar-refractivity contribution in [2.45, 2.75) is 25.3 Å². The van der Waals surface area contributed by atoms with E-state index in [1.54, 1.807) is 24.3 Å². The van der Waals surface area contributed by atoms with Gasteiger partial charge in [0.2, 0.25) is 0 Å². The van der Waals surface area contributed by atoms with Gasteiger partial charge >= 0.3 is 0 Å². The van der Waals surface area contributed by atoms with Gasteiger partial charge in [-0.25, -0.2) is 0 Å². The van der Waals surface area contributed by atoms with Gasteiger partial charge in [0.25, 0.3) is 11.8 Å². The molecule has 0 saturated heterocycles. The van der Waals surface area contributed by atoms with Crippen LogP contribution in [0.15, 0.2) is 40.4 Å². The van der Waals surface area contributed by atoms with Crippen molar-refractivity contribution in [3.8, 4) is 0 Å². The molecule has 0 bridgehead atoms. The lowest BCUT2D eigenvalue weighted by Crippen LogP contribution is -2.40. The maximum atomic E-state index is 12.9. The highest BCUT2D eigenvalue weighted by Gasteiger charge is 2.32. The van der Waals surface area contributed by atoms with Crippen molar-refractivity contribution in [3.05, 3.63) is 41.5 Å². The van der Waals surface area contributed by atoms with Crippen LogP contribution in [0.1, 0.15) is 40.5 Å². The Morgan fingerprint density at radius 3 is 2.32 bits per heavy atom. The predicted octanol–water partition coefficient (Wildman–Crippen LogP) is 1.42. The Kier molecular flexibility index (Phi) is 7.11. The van der Waals surface area contributed by atoms with Gasteiger partial charge in [-0.05, 0) is 24.6 Å². The van der Waals surface area contributed by atoms with Crippen LogP contribution < -0.4 is 5.43 Å². The average Bonchev–Trinajstić information content (AvgIpc) is 2.80. The van der Waals surface area contributed by atoms with E-state index in [4.69, 9.17) is 0 Å². The van der Waals surface area contributed by atoms with Gasteiger partial charge < -0.3 is 15.3 Å². The van der Waals surface area contributed by atoms with E-state index >= 15 is 0 Å². The Hall–Kier alpha value is -3.14. The molecule has 0 atom stereocenters. The first-order chi connectivity index (χ1) is 15.0. The number of aliphatic hydroxyl groups excluding tert-OH is 3. The van der Waals surface area contributed by atoms with E-state index in [0.29, 0.717) is 34.1 Å². The molecule has 9 heteroatoms. The zero-order valence-electron chi connectivity index (χ0n) is 17.3. The highest BCUT2D eigenvalue weighted by molar-refractivity contribution is 6.26. The third-order valence-corrected chi connectivity index (χ3v) is 5.28. The van der Waals surface area contributed by atoms with Crippen molar-refractivity contribution in [2.75, 3.05) is 31.8 Å². The Morgan fingerprint density at radius 2 is 1.68 bits per heavy atom. The number of aliphatic imine (C=N–C) groups is 1. The second-order valence-corrected chi connectivity index (χ2v) is 7.37. The Balaban J connectivity index is 1.88. The molecule has 0 spiro atoms. The van der Waals surface area contributed by atoms with Crippen LogP contribution >= 0.6 is 0 Å². The number of carbonyl (C=O) groups excluding carboxylic acids is 2. The van der Waals surface area contributed by atoms with Crippen molar-refractivity contribution in [1.29, 1.82) is 0 Å². The topological polar surface area (TPSA) is 135 Å². The minimum atomic E-state index is -1.36. The fourth-order valence-electron chi connectivity index (χ4n) is 3.37. The lowest BCUT2D eigenvalue weighted by atomic mass is 9.93. The van der Waals surface area contributed by atoms with Crippen molar-refractivity contribution >= 4 is 40.7 Å². The van der Waals surface area contributed by atoms with Crippen LogP contribution in [0.4, 0.5) is 5.69 Å². The molecule has 0 fully saturated rings. The Bertz CT molecular complexity index is 999. The van der Waals surface area contributed by atoms with Crippen molar-refractivity contribution in [3.63, 3.8) is 0 Å². The van der Waals surface area contributed by atoms with Gasteiger partial charge in [0.05, 0.1) is 31.7 Å². The van der Waals surface area contributed by atoms with Gasteiger partial charge in [0.15, 0.2) is 0 Å². The van der Waals surface area contributed by atoms with Crippen molar-refractivity contribution < 1.29 is 24.9 Å². The smallest absolute Gasteiger partial charge is 0.261 e. The Morgan fingerprint density at radius 1 is 1.00 bits per heavy atom. The molecule has 0 radical (unpaired) electrons. The molecule has 0 saturated carbocycles. The highest BCUT2D eigenvalue weighted by atomic mass is 16.3. The number of anilines is 1.